The lowest BCUT2D eigenvalue weighted by Gasteiger charge is -2.13. The van der Waals surface area contributed by atoms with Crippen molar-refractivity contribution in [1.29, 1.82) is 0 Å². The van der Waals surface area contributed by atoms with E-state index in [0.717, 1.165) is 12.8 Å². The average molecular weight is 283 g/mol. The minimum Gasteiger partial charge on any atom is -0.491 e. The Bertz CT molecular complexity index is 493. The molecule has 0 bridgehead atoms. The zero-order valence-corrected chi connectivity index (χ0v) is 11.5. The van der Waals surface area contributed by atoms with Crippen LogP contribution in [0.15, 0.2) is 18.2 Å². The van der Waals surface area contributed by atoms with Crippen LogP contribution in [0.5, 0.6) is 5.75 Å². The molecule has 2 nitrogen and oxygen atoms in total. The quantitative estimate of drug-likeness (QED) is 0.625. The Kier molecular flexibility index (Phi) is 5.07. The summed E-state index contributed by atoms with van der Waals surface area (Å²) in [6, 6.07) is 4.42. The van der Waals surface area contributed by atoms with E-state index in [1.54, 1.807) is 6.07 Å². The minimum atomic E-state index is -0.364. The van der Waals surface area contributed by atoms with E-state index < -0.39 is 0 Å². The van der Waals surface area contributed by atoms with Crippen molar-refractivity contribution >= 4 is 11.6 Å². The Morgan fingerprint density at radius 2 is 2.26 bits per heavy atom. The highest BCUT2D eigenvalue weighted by atomic mass is 35.5. The molecule has 1 aromatic carbocycles. The van der Waals surface area contributed by atoms with E-state index in [0.29, 0.717) is 17.9 Å². The molecule has 2 rings (SSSR count). The fraction of sp³-hybridized carbons (Fsp3) is 0.467. The second-order valence-corrected chi connectivity index (χ2v) is 4.84. The molecule has 0 spiro atoms. The number of hydrogen-bond acceptors (Lipinski definition) is 2. The van der Waals surface area contributed by atoms with Gasteiger partial charge in [0.05, 0.1) is 18.1 Å². The van der Waals surface area contributed by atoms with E-state index in [-0.39, 0.29) is 23.9 Å². The van der Waals surface area contributed by atoms with Gasteiger partial charge in [-0.1, -0.05) is 11.8 Å². The van der Waals surface area contributed by atoms with Crippen molar-refractivity contribution in [2.24, 2.45) is 0 Å². The van der Waals surface area contributed by atoms with Crippen LogP contribution in [0.1, 0.15) is 25.3 Å². The minimum absolute atomic E-state index is 0.0932. The molecular formula is C15H16ClFO2. The third-order valence-electron chi connectivity index (χ3n) is 2.93. The lowest BCUT2D eigenvalue weighted by Crippen LogP contribution is -2.17. The van der Waals surface area contributed by atoms with Crippen LogP contribution in [0, 0.1) is 17.7 Å². The average Bonchev–Trinajstić information content (AvgIpc) is 2.79. The van der Waals surface area contributed by atoms with E-state index in [2.05, 4.69) is 11.8 Å². The molecule has 1 aromatic rings. The topological polar surface area (TPSA) is 18.5 Å². The number of hydrogen-bond donors (Lipinski definition) is 0. The Hall–Kier alpha value is -1.24. The summed E-state index contributed by atoms with van der Waals surface area (Å²) in [4.78, 5) is 0. The molecule has 1 aliphatic heterocycles. The van der Waals surface area contributed by atoms with Gasteiger partial charge in [0.15, 0.2) is 0 Å². The molecule has 1 aliphatic rings. The summed E-state index contributed by atoms with van der Waals surface area (Å²) in [5.74, 6) is 5.80. The molecule has 0 aliphatic carbocycles. The summed E-state index contributed by atoms with van der Waals surface area (Å²) in [6.45, 7) is 2.48. The molecule has 1 heterocycles. The van der Waals surface area contributed by atoms with E-state index in [1.807, 2.05) is 6.92 Å². The van der Waals surface area contributed by atoms with Crippen molar-refractivity contribution < 1.29 is 13.9 Å². The molecule has 0 N–H and O–H groups in total. The second-order valence-electron chi connectivity index (χ2n) is 4.57. The Labute approximate surface area is 117 Å². The molecule has 2 unspecified atom stereocenters. The molecular weight excluding hydrogens is 267 g/mol. The van der Waals surface area contributed by atoms with Gasteiger partial charge in [0, 0.05) is 11.6 Å². The zero-order valence-electron chi connectivity index (χ0n) is 10.8. The third-order valence-corrected chi connectivity index (χ3v) is 3.06. The molecule has 0 aromatic heterocycles. The van der Waals surface area contributed by atoms with Crippen LogP contribution >= 0.6 is 11.6 Å². The van der Waals surface area contributed by atoms with Crippen molar-refractivity contribution in [1.82, 2.24) is 0 Å². The van der Waals surface area contributed by atoms with Gasteiger partial charge in [0.25, 0.3) is 0 Å². The van der Waals surface area contributed by atoms with E-state index in [4.69, 9.17) is 21.1 Å². The summed E-state index contributed by atoms with van der Waals surface area (Å²) in [5, 5.41) is 0. The van der Waals surface area contributed by atoms with Crippen LogP contribution in [0.25, 0.3) is 0 Å². The van der Waals surface area contributed by atoms with E-state index in [1.165, 1.54) is 12.1 Å². The molecule has 19 heavy (non-hydrogen) atoms. The molecule has 0 saturated carbocycles. The summed E-state index contributed by atoms with van der Waals surface area (Å²) in [6.07, 6.45) is 2.40. The van der Waals surface area contributed by atoms with Crippen LogP contribution in [-0.4, -0.2) is 24.7 Å². The maximum absolute atomic E-state index is 13.4. The van der Waals surface area contributed by atoms with Crippen molar-refractivity contribution in [3.05, 3.63) is 29.6 Å². The Morgan fingerprint density at radius 3 is 2.95 bits per heavy atom. The maximum atomic E-state index is 13.4. The second kappa shape index (κ2) is 6.79. The molecule has 1 fully saturated rings. The van der Waals surface area contributed by atoms with Crippen molar-refractivity contribution in [3.63, 3.8) is 0 Å². The Balaban J connectivity index is 1.97. The normalized spacial score (nSPS) is 21.8. The number of halogens is 2. The zero-order chi connectivity index (χ0) is 13.7. The standard InChI is InChI=1S/C15H16ClFO2/c1-11-4-5-14(19-11)10-18-15-8-12(3-2-6-16)7-13(17)9-15/h7-9,11,14H,4-6,10H2,1H3. The monoisotopic (exact) mass is 282 g/mol. The lowest BCUT2D eigenvalue weighted by molar-refractivity contribution is 0.0264. The van der Waals surface area contributed by atoms with E-state index in [9.17, 15) is 4.39 Å². The van der Waals surface area contributed by atoms with Crippen LogP contribution in [0.4, 0.5) is 4.39 Å². The van der Waals surface area contributed by atoms with Crippen LogP contribution in [-0.2, 0) is 4.74 Å². The molecule has 0 radical (unpaired) electrons. The van der Waals surface area contributed by atoms with Gasteiger partial charge < -0.3 is 9.47 Å². The van der Waals surface area contributed by atoms with Crippen molar-refractivity contribution in [3.8, 4) is 17.6 Å². The van der Waals surface area contributed by atoms with Gasteiger partial charge in [0.2, 0.25) is 0 Å². The molecule has 2 atom stereocenters. The summed E-state index contributed by atoms with van der Waals surface area (Å²) >= 11 is 5.48. The van der Waals surface area contributed by atoms with Crippen LogP contribution in [0.2, 0.25) is 0 Å². The molecule has 0 amide bonds. The number of rotatable bonds is 3. The van der Waals surface area contributed by atoms with Crippen molar-refractivity contribution in [2.45, 2.75) is 32.0 Å². The van der Waals surface area contributed by atoms with Crippen molar-refractivity contribution in [2.75, 3.05) is 12.5 Å². The van der Waals surface area contributed by atoms with Gasteiger partial charge in [-0.05, 0) is 31.9 Å². The number of alkyl halides is 1. The fourth-order valence-electron chi connectivity index (χ4n) is 2.05. The predicted octanol–water partition coefficient (Wildman–Crippen LogP) is 3.36. The number of benzene rings is 1. The van der Waals surface area contributed by atoms with Crippen LogP contribution in [0.3, 0.4) is 0 Å². The third kappa shape index (κ3) is 4.41. The van der Waals surface area contributed by atoms with Gasteiger partial charge in [-0.15, -0.1) is 11.6 Å². The highest BCUT2D eigenvalue weighted by Crippen LogP contribution is 2.21. The smallest absolute Gasteiger partial charge is 0.128 e. The summed E-state index contributed by atoms with van der Waals surface area (Å²) in [7, 11) is 0. The van der Waals surface area contributed by atoms with E-state index >= 15 is 0 Å². The van der Waals surface area contributed by atoms with Gasteiger partial charge >= 0.3 is 0 Å². The first-order chi connectivity index (χ1) is 9.17. The highest BCUT2D eigenvalue weighted by Gasteiger charge is 2.22. The Morgan fingerprint density at radius 1 is 1.42 bits per heavy atom. The molecule has 4 heteroatoms. The number of ether oxygens (including phenoxy) is 2. The highest BCUT2D eigenvalue weighted by molar-refractivity contribution is 6.19. The largest absolute Gasteiger partial charge is 0.491 e. The van der Waals surface area contributed by atoms with Gasteiger partial charge in [0.1, 0.15) is 18.2 Å². The lowest BCUT2D eigenvalue weighted by atomic mass is 10.2. The summed E-state index contributed by atoms with van der Waals surface area (Å²) < 4.78 is 24.6. The SMILES string of the molecule is CC1CCC(COc2cc(F)cc(C#CCCl)c2)O1. The molecule has 102 valence electrons. The van der Waals surface area contributed by atoms with Gasteiger partial charge in [-0.3, -0.25) is 0 Å². The van der Waals surface area contributed by atoms with Gasteiger partial charge in [-0.25, -0.2) is 4.39 Å². The predicted molar refractivity (Wildman–Crippen MR) is 73.1 cm³/mol. The first-order valence-corrected chi connectivity index (χ1v) is 6.84. The fourth-order valence-corrected chi connectivity index (χ4v) is 2.12. The maximum Gasteiger partial charge on any atom is 0.128 e. The van der Waals surface area contributed by atoms with Crippen LogP contribution < -0.4 is 4.74 Å². The first kappa shape index (κ1) is 14.2. The summed E-state index contributed by atoms with van der Waals surface area (Å²) in [5.41, 5.74) is 0.566. The molecule has 1 saturated heterocycles. The van der Waals surface area contributed by atoms with Gasteiger partial charge in [-0.2, -0.15) is 0 Å². The first-order valence-electron chi connectivity index (χ1n) is 6.31.